The van der Waals surface area contributed by atoms with Gasteiger partial charge in [0.05, 0.1) is 0 Å². The highest BCUT2D eigenvalue weighted by atomic mass is 79.9. The fraction of sp³-hybridized carbons (Fsp3) is 0.333. The molecule has 1 aromatic carbocycles. The molecule has 60 valence electrons. The van der Waals surface area contributed by atoms with Crippen molar-refractivity contribution >= 4 is 15.9 Å². The standard InChI is InChI=1S/C9H10BrF/c1-9(2,11)7-4-3-5-8(10)6-7/h3-6H,1-2H3. The molecule has 0 aromatic heterocycles. The van der Waals surface area contributed by atoms with E-state index in [9.17, 15) is 4.39 Å². The molecular weight excluding hydrogens is 207 g/mol. The fourth-order valence-electron chi connectivity index (χ4n) is 0.858. The van der Waals surface area contributed by atoms with Crippen molar-refractivity contribution in [1.29, 1.82) is 0 Å². The largest absolute Gasteiger partial charge is 0.239 e. The normalized spacial score (nSPS) is 11.6. The van der Waals surface area contributed by atoms with Crippen molar-refractivity contribution in [2.45, 2.75) is 19.5 Å². The minimum Gasteiger partial charge on any atom is -0.239 e. The summed E-state index contributed by atoms with van der Waals surface area (Å²) < 4.78 is 14.2. The molecule has 0 saturated carbocycles. The van der Waals surface area contributed by atoms with Gasteiger partial charge in [-0.15, -0.1) is 0 Å². The molecule has 0 aliphatic rings. The lowest BCUT2D eigenvalue weighted by molar-refractivity contribution is 0.221. The smallest absolute Gasteiger partial charge is 0.130 e. The molecule has 0 spiro atoms. The summed E-state index contributed by atoms with van der Waals surface area (Å²) in [7, 11) is 0. The molecule has 1 rings (SSSR count). The van der Waals surface area contributed by atoms with Crippen LogP contribution in [0.1, 0.15) is 19.4 Å². The third-order valence-electron chi connectivity index (χ3n) is 1.51. The molecule has 11 heavy (non-hydrogen) atoms. The number of hydrogen-bond acceptors (Lipinski definition) is 0. The topological polar surface area (TPSA) is 0 Å². The van der Waals surface area contributed by atoms with E-state index >= 15 is 0 Å². The second-order valence-electron chi connectivity index (χ2n) is 2.98. The molecule has 1 aromatic rings. The molecular formula is C9H10BrF. The minimum atomic E-state index is -1.25. The first-order valence-electron chi connectivity index (χ1n) is 3.45. The molecule has 0 bridgehead atoms. The Morgan fingerprint density at radius 1 is 1.36 bits per heavy atom. The maximum atomic E-state index is 13.3. The third-order valence-corrected chi connectivity index (χ3v) is 2.00. The van der Waals surface area contributed by atoms with Crippen molar-refractivity contribution in [1.82, 2.24) is 0 Å². The van der Waals surface area contributed by atoms with Gasteiger partial charge >= 0.3 is 0 Å². The molecule has 2 heteroatoms. The van der Waals surface area contributed by atoms with Gasteiger partial charge in [-0.3, -0.25) is 0 Å². The average molecular weight is 217 g/mol. The molecule has 0 nitrogen and oxygen atoms in total. The SMILES string of the molecule is CC(C)(F)c1cccc(Br)c1. The Hall–Kier alpha value is -0.370. The Kier molecular flexibility index (Phi) is 2.33. The van der Waals surface area contributed by atoms with Gasteiger partial charge in [-0.25, -0.2) is 4.39 Å². The number of rotatable bonds is 1. The van der Waals surface area contributed by atoms with Crippen LogP contribution in [0.3, 0.4) is 0 Å². The number of halogens is 2. The van der Waals surface area contributed by atoms with E-state index in [2.05, 4.69) is 15.9 Å². The summed E-state index contributed by atoms with van der Waals surface area (Å²) in [5.41, 5.74) is -0.545. The van der Waals surface area contributed by atoms with Crippen molar-refractivity contribution in [3.05, 3.63) is 34.3 Å². The van der Waals surface area contributed by atoms with Crippen molar-refractivity contribution in [2.75, 3.05) is 0 Å². The number of alkyl halides is 1. The van der Waals surface area contributed by atoms with E-state index in [0.717, 1.165) is 4.47 Å². The summed E-state index contributed by atoms with van der Waals surface area (Å²) in [6.45, 7) is 3.10. The van der Waals surface area contributed by atoms with Crippen LogP contribution in [-0.4, -0.2) is 0 Å². The highest BCUT2D eigenvalue weighted by Crippen LogP contribution is 2.26. The Balaban J connectivity index is 3.06. The van der Waals surface area contributed by atoms with Gasteiger partial charge in [-0.05, 0) is 31.5 Å². The third kappa shape index (κ3) is 2.29. The van der Waals surface area contributed by atoms with E-state index in [-0.39, 0.29) is 0 Å². The molecule has 0 aliphatic heterocycles. The van der Waals surface area contributed by atoms with Crippen LogP contribution >= 0.6 is 15.9 Å². The summed E-state index contributed by atoms with van der Waals surface area (Å²) >= 11 is 3.29. The molecule has 0 saturated heterocycles. The van der Waals surface area contributed by atoms with E-state index in [0.29, 0.717) is 5.56 Å². The quantitative estimate of drug-likeness (QED) is 0.673. The number of hydrogen-bond donors (Lipinski definition) is 0. The maximum Gasteiger partial charge on any atom is 0.130 e. The van der Waals surface area contributed by atoms with Crippen LogP contribution in [0.15, 0.2) is 28.7 Å². The Bertz CT molecular complexity index is 250. The van der Waals surface area contributed by atoms with Crippen LogP contribution in [-0.2, 0) is 5.67 Å². The predicted molar refractivity (Wildman–Crippen MR) is 48.3 cm³/mol. The summed E-state index contributed by atoms with van der Waals surface area (Å²) in [4.78, 5) is 0. The van der Waals surface area contributed by atoms with Crippen molar-refractivity contribution in [3.8, 4) is 0 Å². The second kappa shape index (κ2) is 2.94. The lowest BCUT2D eigenvalue weighted by Crippen LogP contribution is -2.08. The van der Waals surface area contributed by atoms with Crippen molar-refractivity contribution < 1.29 is 4.39 Å². The monoisotopic (exact) mass is 216 g/mol. The first-order valence-corrected chi connectivity index (χ1v) is 4.24. The van der Waals surface area contributed by atoms with E-state index in [1.165, 1.54) is 0 Å². The van der Waals surface area contributed by atoms with E-state index in [4.69, 9.17) is 0 Å². The van der Waals surface area contributed by atoms with Gasteiger partial charge in [-0.1, -0.05) is 28.1 Å². The summed E-state index contributed by atoms with van der Waals surface area (Å²) in [5.74, 6) is 0. The molecule has 0 fully saturated rings. The van der Waals surface area contributed by atoms with Crippen LogP contribution in [0, 0.1) is 0 Å². The lowest BCUT2D eigenvalue weighted by atomic mass is 10.0. The molecule has 0 atom stereocenters. The van der Waals surface area contributed by atoms with Gasteiger partial charge in [0.15, 0.2) is 0 Å². The molecule has 0 aliphatic carbocycles. The van der Waals surface area contributed by atoms with Gasteiger partial charge in [0.2, 0.25) is 0 Å². The lowest BCUT2D eigenvalue weighted by Gasteiger charge is -2.14. The molecule has 0 amide bonds. The second-order valence-corrected chi connectivity index (χ2v) is 3.90. The zero-order valence-corrected chi connectivity index (χ0v) is 8.15. The van der Waals surface area contributed by atoms with Crippen LogP contribution in [0.4, 0.5) is 4.39 Å². The van der Waals surface area contributed by atoms with Gasteiger partial charge in [-0.2, -0.15) is 0 Å². The van der Waals surface area contributed by atoms with E-state index in [1.54, 1.807) is 26.0 Å². The van der Waals surface area contributed by atoms with E-state index < -0.39 is 5.67 Å². The summed E-state index contributed by atoms with van der Waals surface area (Å²) in [5, 5.41) is 0. The molecule has 0 radical (unpaired) electrons. The zero-order chi connectivity index (χ0) is 8.48. The van der Waals surface area contributed by atoms with Crippen molar-refractivity contribution in [3.63, 3.8) is 0 Å². The maximum absolute atomic E-state index is 13.3. The van der Waals surface area contributed by atoms with Crippen LogP contribution < -0.4 is 0 Å². The Morgan fingerprint density at radius 3 is 2.36 bits per heavy atom. The highest BCUT2D eigenvalue weighted by Gasteiger charge is 2.17. The molecule has 0 unspecified atom stereocenters. The first-order chi connectivity index (χ1) is 5.00. The van der Waals surface area contributed by atoms with Crippen LogP contribution in [0.25, 0.3) is 0 Å². The van der Waals surface area contributed by atoms with Gasteiger partial charge in [0, 0.05) is 4.47 Å². The summed E-state index contributed by atoms with van der Waals surface area (Å²) in [6, 6.07) is 7.29. The zero-order valence-electron chi connectivity index (χ0n) is 6.57. The molecule has 0 N–H and O–H groups in total. The average Bonchev–Trinajstić information content (AvgIpc) is 1.86. The fourth-order valence-corrected chi connectivity index (χ4v) is 1.26. The highest BCUT2D eigenvalue weighted by molar-refractivity contribution is 9.10. The van der Waals surface area contributed by atoms with Crippen LogP contribution in [0.2, 0.25) is 0 Å². The van der Waals surface area contributed by atoms with Gasteiger partial charge in [0.25, 0.3) is 0 Å². The Labute approximate surface area is 74.6 Å². The van der Waals surface area contributed by atoms with Gasteiger partial charge in [0.1, 0.15) is 5.67 Å². The Morgan fingerprint density at radius 2 is 2.00 bits per heavy atom. The number of benzene rings is 1. The van der Waals surface area contributed by atoms with Gasteiger partial charge < -0.3 is 0 Å². The first kappa shape index (κ1) is 8.72. The minimum absolute atomic E-state index is 0.701. The summed E-state index contributed by atoms with van der Waals surface area (Å²) in [6.07, 6.45) is 0. The van der Waals surface area contributed by atoms with Crippen LogP contribution in [0.5, 0.6) is 0 Å². The predicted octanol–water partition coefficient (Wildman–Crippen LogP) is 3.65. The molecule has 0 heterocycles. The van der Waals surface area contributed by atoms with E-state index in [1.807, 2.05) is 12.1 Å². The van der Waals surface area contributed by atoms with Crippen molar-refractivity contribution in [2.24, 2.45) is 0 Å².